The Kier molecular flexibility index (Phi) is 6.22. The van der Waals surface area contributed by atoms with E-state index in [2.05, 4.69) is 31.1 Å². The maximum atomic E-state index is 12.0. The smallest absolute Gasteiger partial charge is 0.244 e. The van der Waals surface area contributed by atoms with Crippen molar-refractivity contribution in [3.05, 3.63) is 65.9 Å². The van der Waals surface area contributed by atoms with E-state index < -0.39 is 0 Å². The highest BCUT2D eigenvalue weighted by atomic mass is 16.7. The molecule has 1 aliphatic rings. The predicted octanol–water partition coefficient (Wildman–Crippen LogP) is 2.89. The summed E-state index contributed by atoms with van der Waals surface area (Å²) in [6.07, 6.45) is 4.95. The van der Waals surface area contributed by atoms with Gasteiger partial charge in [0, 0.05) is 25.4 Å². The first-order chi connectivity index (χ1) is 15.2. The fraction of sp³-hybridized carbons (Fsp3) is 0.182. The van der Waals surface area contributed by atoms with Gasteiger partial charge in [-0.25, -0.2) is 4.98 Å². The Hall–Kier alpha value is -4.14. The van der Waals surface area contributed by atoms with Crippen molar-refractivity contribution < 1.29 is 14.3 Å². The molecule has 9 nitrogen and oxygen atoms in total. The van der Waals surface area contributed by atoms with Crippen LogP contribution < -0.4 is 25.4 Å². The van der Waals surface area contributed by atoms with Crippen LogP contribution in [0.15, 0.2) is 54.7 Å². The van der Waals surface area contributed by atoms with Crippen molar-refractivity contribution in [1.29, 1.82) is 0 Å². The minimum atomic E-state index is -0.184. The first-order valence-electron chi connectivity index (χ1n) is 9.78. The van der Waals surface area contributed by atoms with E-state index in [0.717, 1.165) is 11.1 Å². The molecule has 158 valence electrons. The van der Waals surface area contributed by atoms with Crippen LogP contribution >= 0.6 is 0 Å². The summed E-state index contributed by atoms with van der Waals surface area (Å²) in [6.45, 7) is 3.19. The number of amides is 1. The van der Waals surface area contributed by atoms with Gasteiger partial charge in [-0.05, 0) is 60.5 Å². The summed E-state index contributed by atoms with van der Waals surface area (Å²) in [5, 5.41) is 17.3. The number of benzene rings is 1. The number of nitrogens with zero attached hydrogens (tertiary/aromatic N) is 3. The highest BCUT2D eigenvalue weighted by Gasteiger charge is 2.12. The summed E-state index contributed by atoms with van der Waals surface area (Å²) < 4.78 is 10.6. The molecule has 0 saturated carbocycles. The van der Waals surface area contributed by atoms with E-state index in [0.29, 0.717) is 42.0 Å². The number of anilines is 3. The summed E-state index contributed by atoms with van der Waals surface area (Å²) in [6, 6.07) is 13.0. The monoisotopic (exact) mass is 418 g/mol. The van der Waals surface area contributed by atoms with Gasteiger partial charge in [-0.15, -0.1) is 10.2 Å². The predicted molar refractivity (Wildman–Crippen MR) is 117 cm³/mol. The summed E-state index contributed by atoms with van der Waals surface area (Å²) in [5.41, 5.74) is 1.97. The zero-order valence-electron chi connectivity index (χ0n) is 17.0. The van der Waals surface area contributed by atoms with Gasteiger partial charge in [-0.1, -0.05) is 6.07 Å². The molecule has 9 heteroatoms. The first kappa shape index (κ1) is 20.1. The number of rotatable bonds is 8. The lowest BCUT2D eigenvalue weighted by molar-refractivity contribution is -0.116. The maximum Gasteiger partial charge on any atom is 0.244 e. The van der Waals surface area contributed by atoms with Gasteiger partial charge in [-0.2, -0.15) is 0 Å². The topological polar surface area (TPSA) is 110 Å². The van der Waals surface area contributed by atoms with E-state index in [-0.39, 0.29) is 12.7 Å². The second-order valence-corrected chi connectivity index (χ2v) is 6.81. The summed E-state index contributed by atoms with van der Waals surface area (Å²) >= 11 is 0. The Labute approximate surface area is 179 Å². The van der Waals surface area contributed by atoms with Gasteiger partial charge in [-0.3, -0.25) is 4.79 Å². The van der Waals surface area contributed by atoms with Gasteiger partial charge < -0.3 is 25.4 Å². The van der Waals surface area contributed by atoms with E-state index >= 15 is 0 Å². The second-order valence-electron chi connectivity index (χ2n) is 6.81. The molecule has 1 amide bonds. The molecule has 31 heavy (non-hydrogen) atoms. The average Bonchev–Trinajstić information content (AvgIpc) is 3.24. The molecule has 0 spiro atoms. The second kappa shape index (κ2) is 9.57. The molecular formula is C22H22N6O3. The molecule has 1 aliphatic heterocycles. The van der Waals surface area contributed by atoms with E-state index in [1.165, 1.54) is 6.08 Å². The number of pyridine rings is 1. The van der Waals surface area contributed by atoms with Crippen molar-refractivity contribution in [2.45, 2.75) is 6.92 Å². The van der Waals surface area contributed by atoms with E-state index in [4.69, 9.17) is 9.47 Å². The summed E-state index contributed by atoms with van der Waals surface area (Å²) in [7, 11) is 0. The molecule has 0 fully saturated rings. The first-order valence-corrected chi connectivity index (χ1v) is 9.78. The lowest BCUT2D eigenvalue weighted by Crippen LogP contribution is -2.27. The Morgan fingerprint density at radius 1 is 1.00 bits per heavy atom. The van der Waals surface area contributed by atoms with Crippen molar-refractivity contribution >= 4 is 29.4 Å². The summed E-state index contributed by atoms with van der Waals surface area (Å²) in [4.78, 5) is 16.2. The maximum absolute atomic E-state index is 12.0. The largest absolute Gasteiger partial charge is 0.454 e. The number of ether oxygens (including phenoxy) is 2. The van der Waals surface area contributed by atoms with Crippen LogP contribution in [0.3, 0.4) is 0 Å². The molecule has 0 aliphatic carbocycles. The number of hydrogen-bond donors (Lipinski definition) is 3. The molecule has 3 aromatic rings. The van der Waals surface area contributed by atoms with Gasteiger partial charge in [0.2, 0.25) is 12.7 Å². The van der Waals surface area contributed by atoms with Crippen LogP contribution in [-0.2, 0) is 4.79 Å². The van der Waals surface area contributed by atoms with Crippen molar-refractivity contribution in [3.63, 3.8) is 0 Å². The van der Waals surface area contributed by atoms with Crippen LogP contribution in [0.4, 0.5) is 17.5 Å². The van der Waals surface area contributed by atoms with Crippen molar-refractivity contribution in [1.82, 2.24) is 20.5 Å². The lowest BCUT2D eigenvalue weighted by Gasteiger charge is -2.07. The molecular weight excluding hydrogens is 396 g/mol. The third kappa shape index (κ3) is 5.69. The number of nitrogens with one attached hydrogen (secondary N) is 3. The normalized spacial score (nSPS) is 12.0. The van der Waals surface area contributed by atoms with E-state index in [1.54, 1.807) is 12.3 Å². The van der Waals surface area contributed by atoms with Gasteiger partial charge >= 0.3 is 0 Å². The minimum Gasteiger partial charge on any atom is -0.454 e. The van der Waals surface area contributed by atoms with Gasteiger partial charge in [0.25, 0.3) is 0 Å². The molecule has 0 saturated heterocycles. The van der Waals surface area contributed by atoms with Crippen molar-refractivity contribution in [2.24, 2.45) is 0 Å². The van der Waals surface area contributed by atoms with Crippen LogP contribution in [0, 0.1) is 6.92 Å². The highest BCUT2D eigenvalue weighted by molar-refractivity contribution is 5.91. The Morgan fingerprint density at radius 3 is 2.68 bits per heavy atom. The van der Waals surface area contributed by atoms with E-state index in [9.17, 15) is 4.79 Å². The van der Waals surface area contributed by atoms with Gasteiger partial charge in [0.05, 0.1) is 0 Å². The number of hydrogen-bond acceptors (Lipinski definition) is 8. The molecule has 1 aromatic carbocycles. The van der Waals surface area contributed by atoms with Gasteiger partial charge in [0.1, 0.15) is 11.6 Å². The zero-order chi connectivity index (χ0) is 21.5. The van der Waals surface area contributed by atoms with Gasteiger partial charge in [0.15, 0.2) is 17.3 Å². The Bertz CT molecular complexity index is 1080. The number of aryl methyl sites for hydroxylation is 1. The molecule has 3 heterocycles. The van der Waals surface area contributed by atoms with Crippen LogP contribution in [0.1, 0.15) is 11.1 Å². The lowest BCUT2D eigenvalue weighted by atomic mass is 10.2. The number of carbonyl (C=O) groups is 1. The SMILES string of the molecule is Cc1ccnc(Nc2ccc(NCCNC(=O)/C=C/c3ccc4c(c3)OCO4)nn2)c1. The standard InChI is InChI=1S/C22H22N6O3/c1-15-8-9-23-21(12-15)26-20-6-5-19(27-28-20)24-10-11-25-22(29)7-3-16-2-4-17-18(13-16)31-14-30-17/h2-9,12-13H,10-11,14H2,1H3,(H,24,27)(H,25,29)(H,23,26,28)/b7-3+. The van der Waals surface area contributed by atoms with Crippen LogP contribution in [0.25, 0.3) is 6.08 Å². The number of aromatic nitrogens is 3. The Morgan fingerprint density at radius 2 is 1.84 bits per heavy atom. The molecule has 0 bridgehead atoms. The fourth-order valence-corrected chi connectivity index (χ4v) is 2.85. The third-order valence-electron chi connectivity index (χ3n) is 4.39. The zero-order valence-corrected chi connectivity index (χ0v) is 17.0. The molecule has 3 N–H and O–H groups in total. The van der Waals surface area contributed by atoms with Crippen LogP contribution in [-0.4, -0.2) is 41.0 Å². The molecule has 4 rings (SSSR count). The minimum absolute atomic E-state index is 0.184. The van der Waals surface area contributed by atoms with Crippen LogP contribution in [0.2, 0.25) is 0 Å². The molecule has 2 aromatic heterocycles. The quantitative estimate of drug-likeness (QED) is 0.378. The molecule has 0 unspecified atom stereocenters. The van der Waals surface area contributed by atoms with E-state index in [1.807, 2.05) is 49.4 Å². The third-order valence-corrected chi connectivity index (χ3v) is 4.39. The summed E-state index contributed by atoms with van der Waals surface area (Å²) in [5.74, 6) is 3.15. The number of carbonyl (C=O) groups excluding carboxylic acids is 1. The van der Waals surface area contributed by atoms with Crippen LogP contribution in [0.5, 0.6) is 11.5 Å². The van der Waals surface area contributed by atoms with Crippen molar-refractivity contribution in [3.8, 4) is 11.5 Å². The average molecular weight is 418 g/mol. The number of fused-ring (bicyclic) bond motifs is 1. The molecule has 0 atom stereocenters. The molecule has 0 radical (unpaired) electrons. The Balaban J connectivity index is 1.18. The highest BCUT2D eigenvalue weighted by Crippen LogP contribution is 2.32. The fourth-order valence-electron chi connectivity index (χ4n) is 2.85. The van der Waals surface area contributed by atoms with Crippen molar-refractivity contribution in [2.75, 3.05) is 30.5 Å².